The highest BCUT2D eigenvalue weighted by Gasteiger charge is 2.35. The Morgan fingerprint density at radius 1 is 0.967 bits per heavy atom. The molecule has 2 amide bonds. The van der Waals surface area contributed by atoms with Gasteiger partial charge in [-0.3, -0.25) is 19.3 Å². The summed E-state index contributed by atoms with van der Waals surface area (Å²) in [5.41, 5.74) is 2.77. The Bertz CT molecular complexity index is 1030. The normalized spacial score (nSPS) is 12.8. The average Bonchev–Trinajstić information content (AvgIpc) is 2.98. The Morgan fingerprint density at radius 2 is 1.70 bits per heavy atom. The van der Waals surface area contributed by atoms with E-state index in [9.17, 15) is 19.2 Å². The molecule has 1 aliphatic heterocycles. The second-order valence-electron chi connectivity index (χ2n) is 7.19. The number of carbonyl (C=O) groups excluding carboxylic acids is 4. The van der Waals surface area contributed by atoms with Crippen molar-refractivity contribution in [1.29, 1.82) is 0 Å². The predicted octanol–water partition coefficient (Wildman–Crippen LogP) is 2.98. The standard InChI is InChI=1S/C23H23NO6/c1-14-5-6-15(2)18(11-14)20(25)13-30-23(28)16-7-8-17-19(12-16)22(27)24(21(17)26)9-4-10-29-3/h5-8,11-12H,4,9-10,13H2,1-3H3. The fourth-order valence-electron chi connectivity index (χ4n) is 3.32. The molecule has 7 nitrogen and oxygen atoms in total. The zero-order valence-electron chi connectivity index (χ0n) is 17.2. The van der Waals surface area contributed by atoms with Gasteiger partial charge in [0, 0.05) is 25.8 Å². The van der Waals surface area contributed by atoms with Gasteiger partial charge in [0.25, 0.3) is 11.8 Å². The van der Waals surface area contributed by atoms with Crippen LogP contribution < -0.4 is 0 Å². The molecule has 0 aromatic heterocycles. The minimum absolute atomic E-state index is 0.113. The van der Waals surface area contributed by atoms with Gasteiger partial charge in [-0.25, -0.2) is 4.79 Å². The number of rotatable bonds is 8. The molecule has 0 fully saturated rings. The molecule has 2 aromatic carbocycles. The summed E-state index contributed by atoms with van der Waals surface area (Å²) < 4.78 is 10.1. The van der Waals surface area contributed by atoms with Crippen molar-refractivity contribution >= 4 is 23.6 Å². The summed E-state index contributed by atoms with van der Waals surface area (Å²) in [4.78, 5) is 50.9. The number of ketones is 1. The van der Waals surface area contributed by atoms with Crippen LogP contribution in [0, 0.1) is 13.8 Å². The van der Waals surface area contributed by atoms with Gasteiger partial charge in [-0.15, -0.1) is 0 Å². The van der Waals surface area contributed by atoms with Crippen LogP contribution in [0.2, 0.25) is 0 Å². The molecule has 0 saturated heterocycles. The molecular weight excluding hydrogens is 386 g/mol. The van der Waals surface area contributed by atoms with Gasteiger partial charge in [0.15, 0.2) is 6.61 Å². The zero-order valence-corrected chi connectivity index (χ0v) is 17.2. The molecule has 156 valence electrons. The molecule has 1 heterocycles. The van der Waals surface area contributed by atoms with Crippen LogP contribution in [-0.2, 0) is 9.47 Å². The molecule has 1 aliphatic rings. The predicted molar refractivity (Wildman–Crippen MR) is 109 cm³/mol. The lowest BCUT2D eigenvalue weighted by Crippen LogP contribution is -2.31. The van der Waals surface area contributed by atoms with Crippen LogP contribution >= 0.6 is 0 Å². The molecule has 30 heavy (non-hydrogen) atoms. The van der Waals surface area contributed by atoms with E-state index in [1.165, 1.54) is 18.2 Å². The third-order valence-electron chi connectivity index (χ3n) is 4.96. The number of benzene rings is 2. The zero-order chi connectivity index (χ0) is 21.8. The number of amides is 2. The average molecular weight is 409 g/mol. The Kier molecular flexibility index (Phi) is 6.42. The van der Waals surface area contributed by atoms with Crippen LogP contribution in [0.15, 0.2) is 36.4 Å². The number of methoxy groups -OCH3 is 1. The lowest BCUT2D eigenvalue weighted by Gasteiger charge is -2.12. The first-order valence-electron chi connectivity index (χ1n) is 9.60. The van der Waals surface area contributed by atoms with E-state index < -0.39 is 24.4 Å². The fraction of sp³-hybridized carbons (Fsp3) is 0.304. The topological polar surface area (TPSA) is 90.0 Å². The third-order valence-corrected chi connectivity index (χ3v) is 4.96. The summed E-state index contributed by atoms with van der Waals surface area (Å²) in [7, 11) is 1.55. The first kappa shape index (κ1) is 21.4. The molecule has 0 N–H and O–H groups in total. The minimum atomic E-state index is -0.727. The second-order valence-corrected chi connectivity index (χ2v) is 7.19. The highest BCUT2D eigenvalue weighted by Crippen LogP contribution is 2.24. The van der Waals surface area contributed by atoms with E-state index in [4.69, 9.17) is 9.47 Å². The van der Waals surface area contributed by atoms with Gasteiger partial charge in [-0.2, -0.15) is 0 Å². The lowest BCUT2D eigenvalue weighted by molar-refractivity contribution is 0.0474. The fourth-order valence-corrected chi connectivity index (χ4v) is 3.32. The summed E-state index contributed by atoms with van der Waals surface area (Å²) in [6.07, 6.45) is 0.525. The van der Waals surface area contributed by atoms with E-state index >= 15 is 0 Å². The van der Waals surface area contributed by atoms with E-state index in [-0.39, 0.29) is 29.0 Å². The van der Waals surface area contributed by atoms with Gasteiger partial charge in [0.1, 0.15) is 0 Å². The van der Waals surface area contributed by atoms with Crippen LogP contribution in [0.4, 0.5) is 0 Å². The SMILES string of the molecule is COCCCN1C(=O)c2ccc(C(=O)OCC(=O)c3cc(C)ccc3C)cc2C1=O. The smallest absolute Gasteiger partial charge is 0.338 e. The molecule has 0 radical (unpaired) electrons. The summed E-state index contributed by atoms with van der Waals surface area (Å²) in [6.45, 7) is 3.96. The molecule has 0 aliphatic carbocycles. The van der Waals surface area contributed by atoms with Gasteiger partial charge >= 0.3 is 5.97 Å². The first-order chi connectivity index (χ1) is 14.3. The number of ether oxygens (including phenoxy) is 2. The van der Waals surface area contributed by atoms with Crippen molar-refractivity contribution in [2.45, 2.75) is 20.3 Å². The third kappa shape index (κ3) is 4.31. The van der Waals surface area contributed by atoms with Crippen LogP contribution in [-0.4, -0.2) is 55.3 Å². The number of nitrogens with zero attached hydrogens (tertiary/aromatic N) is 1. The molecular formula is C23H23NO6. The maximum atomic E-state index is 12.6. The maximum absolute atomic E-state index is 12.6. The van der Waals surface area contributed by atoms with Gasteiger partial charge in [0.05, 0.1) is 16.7 Å². The largest absolute Gasteiger partial charge is 0.454 e. The second kappa shape index (κ2) is 9.00. The minimum Gasteiger partial charge on any atom is -0.454 e. The van der Waals surface area contributed by atoms with E-state index in [0.717, 1.165) is 16.0 Å². The van der Waals surface area contributed by atoms with Gasteiger partial charge in [-0.1, -0.05) is 17.7 Å². The van der Waals surface area contributed by atoms with Crippen LogP contribution in [0.25, 0.3) is 0 Å². The summed E-state index contributed by atoms with van der Waals surface area (Å²) in [6, 6.07) is 9.70. The number of fused-ring (bicyclic) bond motifs is 1. The van der Waals surface area contributed by atoms with E-state index in [1.807, 2.05) is 26.0 Å². The van der Waals surface area contributed by atoms with Crippen molar-refractivity contribution in [2.75, 3.05) is 26.9 Å². The highest BCUT2D eigenvalue weighted by molar-refractivity contribution is 6.22. The Labute approximate surface area is 174 Å². The number of carbonyl (C=O) groups is 4. The molecule has 0 saturated carbocycles. The van der Waals surface area contributed by atoms with E-state index in [2.05, 4.69) is 0 Å². The van der Waals surface area contributed by atoms with Crippen molar-refractivity contribution in [3.05, 3.63) is 69.8 Å². The summed E-state index contributed by atoms with van der Waals surface area (Å²) >= 11 is 0. The van der Waals surface area contributed by atoms with E-state index in [1.54, 1.807) is 13.2 Å². The van der Waals surface area contributed by atoms with Gasteiger partial charge in [-0.05, 0) is 50.1 Å². The monoisotopic (exact) mass is 409 g/mol. The van der Waals surface area contributed by atoms with Gasteiger partial charge in [0.2, 0.25) is 5.78 Å². The Balaban J connectivity index is 1.69. The van der Waals surface area contributed by atoms with Crippen LogP contribution in [0.1, 0.15) is 59.0 Å². The lowest BCUT2D eigenvalue weighted by atomic mass is 10.0. The molecule has 0 bridgehead atoms. The molecule has 3 rings (SSSR count). The van der Waals surface area contributed by atoms with Crippen molar-refractivity contribution in [3.63, 3.8) is 0 Å². The van der Waals surface area contributed by atoms with Gasteiger partial charge < -0.3 is 9.47 Å². The van der Waals surface area contributed by atoms with Crippen molar-refractivity contribution in [2.24, 2.45) is 0 Å². The number of hydrogen-bond acceptors (Lipinski definition) is 6. The summed E-state index contributed by atoms with van der Waals surface area (Å²) in [5, 5.41) is 0. The number of imide groups is 1. The molecule has 0 atom stereocenters. The Morgan fingerprint density at radius 3 is 2.43 bits per heavy atom. The Hall–Kier alpha value is -3.32. The molecule has 2 aromatic rings. The quantitative estimate of drug-likeness (QED) is 0.288. The number of aryl methyl sites for hydroxylation is 2. The molecule has 0 unspecified atom stereocenters. The number of Topliss-reactive ketones (excluding diaryl/α,β-unsaturated/α-hetero) is 1. The molecule has 7 heteroatoms. The molecule has 0 spiro atoms. The highest BCUT2D eigenvalue weighted by atomic mass is 16.5. The summed E-state index contributed by atoms with van der Waals surface area (Å²) in [5.74, 6) is -1.88. The van der Waals surface area contributed by atoms with Crippen molar-refractivity contribution in [3.8, 4) is 0 Å². The number of hydrogen-bond donors (Lipinski definition) is 0. The maximum Gasteiger partial charge on any atom is 0.338 e. The van der Waals surface area contributed by atoms with E-state index in [0.29, 0.717) is 18.6 Å². The number of esters is 1. The van der Waals surface area contributed by atoms with Crippen LogP contribution in [0.5, 0.6) is 0 Å². The van der Waals surface area contributed by atoms with Crippen LogP contribution in [0.3, 0.4) is 0 Å². The van der Waals surface area contributed by atoms with Crippen molar-refractivity contribution in [1.82, 2.24) is 4.90 Å². The first-order valence-corrected chi connectivity index (χ1v) is 9.60. The van der Waals surface area contributed by atoms with Crippen molar-refractivity contribution < 1.29 is 28.7 Å².